The van der Waals surface area contributed by atoms with Crippen LogP contribution < -0.4 is 11.0 Å². The van der Waals surface area contributed by atoms with Crippen molar-refractivity contribution in [2.75, 3.05) is 7.05 Å². The number of hydrogen-bond donors (Lipinski definition) is 2. The van der Waals surface area contributed by atoms with Crippen LogP contribution in [0, 0.1) is 0 Å². The Morgan fingerprint density at radius 2 is 2.27 bits per heavy atom. The maximum Gasteiger partial charge on any atom is 0.326 e. The lowest BCUT2D eigenvalue weighted by Crippen LogP contribution is -2.12. The van der Waals surface area contributed by atoms with Gasteiger partial charge in [-0.25, -0.2) is 4.79 Å². The van der Waals surface area contributed by atoms with Gasteiger partial charge in [-0.15, -0.1) is 0 Å². The fraction of sp³-hybridized carbons (Fsp3) is 0.300. The molecule has 15 heavy (non-hydrogen) atoms. The number of nitrogens with one attached hydrogen (secondary N) is 2. The minimum atomic E-state index is -0.0847. The Balaban J connectivity index is 2.71. The number of aromatic nitrogens is 2. The molecule has 0 amide bonds. The molecule has 2 aromatic rings. The van der Waals surface area contributed by atoms with E-state index in [4.69, 9.17) is 0 Å². The molecule has 0 atom stereocenters. The summed E-state index contributed by atoms with van der Waals surface area (Å²) in [5, 5.41) is 3.09. The van der Waals surface area contributed by atoms with E-state index in [-0.39, 0.29) is 5.69 Å². The van der Waals surface area contributed by atoms with Crippen LogP contribution in [0.25, 0.3) is 11.0 Å². The van der Waals surface area contributed by atoms with E-state index in [9.17, 15) is 4.79 Å². The first-order valence-electron chi connectivity index (χ1n) is 4.65. The van der Waals surface area contributed by atoms with Gasteiger partial charge in [0, 0.05) is 18.1 Å². The SMILES string of the molecule is CNCc1cc2c(cc1Br)[nH]c(=O)n2C. The number of rotatable bonds is 2. The molecule has 1 aromatic heterocycles. The predicted molar refractivity (Wildman–Crippen MR) is 64.0 cm³/mol. The molecule has 0 saturated carbocycles. The van der Waals surface area contributed by atoms with Crippen molar-refractivity contribution in [3.05, 3.63) is 32.7 Å². The van der Waals surface area contributed by atoms with Gasteiger partial charge in [0.2, 0.25) is 0 Å². The van der Waals surface area contributed by atoms with Crippen molar-refractivity contribution in [1.29, 1.82) is 0 Å². The molecule has 0 fully saturated rings. The topological polar surface area (TPSA) is 49.8 Å². The maximum atomic E-state index is 11.4. The third-order valence-electron chi connectivity index (χ3n) is 2.44. The van der Waals surface area contributed by atoms with Crippen molar-refractivity contribution in [2.45, 2.75) is 6.54 Å². The number of aromatic amines is 1. The fourth-order valence-corrected chi connectivity index (χ4v) is 2.10. The Morgan fingerprint density at radius 1 is 1.53 bits per heavy atom. The second kappa shape index (κ2) is 3.83. The van der Waals surface area contributed by atoms with E-state index in [2.05, 4.69) is 26.2 Å². The summed E-state index contributed by atoms with van der Waals surface area (Å²) in [5.74, 6) is 0. The van der Waals surface area contributed by atoms with Gasteiger partial charge in [-0.3, -0.25) is 4.57 Å². The molecule has 4 nitrogen and oxygen atoms in total. The molecule has 1 aromatic carbocycles. The summed E-state index contributed by atoms with van der Waals surface area (Å²) in [6.45, 7) is 0.774. The number of fused-ring (bicyclic) bond motifs is 1. The molecule has 0 saturated heterocycles. The molecule has 80 valence electrons. The minimum absolute atomic E-state index is 0.0847. The summed E-state index contributed by atoms with van der Waals surface area (Å²) < 4.78 is 2.62. The van der Waals surface area contributed by atoms with Gasteiger partial charge in [0.25, 0.3) is 0 Å². The predicted octanol–water partition coefficient (Wildman–Crippen LogP) is 1.35. The zero-order chi connectivity index (χ0) is 11.0. The van der Waals surface area contributed by atoms with Crippen LogP contribution in [-0.2, 0) is 13.6 Å². The number of nitrogens with zero attached hydrogens (tertiary/aromatic N) is 1. The Kier molecular flexibility index (Phi) is 2.67. The Morgan fingerprint density at radius 3 is 2.93 bits per heavy atom. The van der Waals surface area contributed by atoms with Crippen molar-refractivity contribution in [2.24, 2.45) is 7.05 Å². The molecule has 2 rings (SSSR count). The minimum Gasteiger partial charge on any atom is -0.316 e. The summed E-state index contributed by atoms with van der Waals surface area (Å²) >= 11 is 3.48. The fourth-order valence-electron chi connectivity index (χ4n) is 1.62. The lowest BCUT2D eigenvalue weighted by Gasteiger charge is -2.04. The standard InChI is InChI=1S/C10H12BrN3O/c1-12-5-6-3-9-8(4-7(6)11)13-10(15)14(9)2/h3-4,12H,5H2,1-2H3,(H,13,15). The molecule has 1 heterocycles. The average Bonchev–Trinajstić information content (AvgIpc) is 2.45. The van der Waals surface area contributed by atoms with Crippen LogP contribution in [0.3, 0.4) is 0 Å². The van der Waals surface area contributed by atoms with Crippen LogP contribution in [0.1, 0.15) is 5.56 Å². The van der Waals surface area contributed by atoms with Gasteiger partial charge in [-0.05, 0) is 24.7 Å². The highest BCUT2D eigenvalue weighted by atomic mass is 79.9. The molecular weight excluding hydrogens is 258 g/mol. The van der Waals surface area contributed by atoms with Crippen LogP contribution in [-0.4, -0.2) is 16.6 Å². The van der Waals surface area contributed by atoms with Gasteiger partial charge in [-0.1, -0.05) is 15.9 Å². The number of hydrogen-bond acceptors (Lipinski definition) is 2. The largest absolute Gasteiger partial charge is 0.326 e. The van der Waals surface area contributed by atoms with E-state index in [1.165, 1.54) is 0 Å². The Bertz CT molecular complexity index is 556. The van der Waals surface area contributed by atoms with Gasteiger partial charge in [0.15, 0.2) is 0 Å². The molecule has 0 spiro atoms. The first-order valence-corrected chi connectivity index (χ1v) is 5.44. The lowest BCUT2D eigenvalue weighted by atomic mass is 10.2. The van der Waals surface area contributed by atoms with E-state index in [1.54, 1.807) is 11.6 Å². The van der Waals surface area contributed by atoms with Crippen LogP contribution in [0.5, 0.6) is 0 Å². The summed E-state index contributed by atoms with van der Waals surface area (Å²) in [7, 11) is 3.66. The smallest absolute Gasteiger partial charge is 0.316 e. The normalized spacial score (nSPS) is 11.1. The molecule has 0 aliphatic rings. The van der Waals surface area contributed by atoms with Crippen molar-refractivity contribution in [3.63, 3.8) is 0 Å². The molecule has 2 N–H and O–H groups in total. The van der Waals surface area contributed by atoms with Crippen molar-refractivity contribution in [1.82, 2.24) is 14.9 Å². The van der Waals surface area contributed by atoms with Gasteiger partial charge in [-0.2, -0.15) is 0 Å². The lowest BCUT2D eigenvalue weighted by molar-refractivity contribution is 0.814. The van der Waals surface area contributed by atoms with E-state index < -0.39 is 0 Å². The molecule has 0 bridgehead atoms. The van der Waals surface area contributed by atoms with Crippen molar-refractivity contribution < 1.29 is 0 Å². The molecule has 0 radical (unpaired) electrons. The van der Waals surface area contributed by atoms with Crippen LogP contribution in [0.2, 0.25) is 0 Å². The number of benzene rings is 1. The molecule has 5 heteroatoms. The number of H-pyrrole nitrogens is 1. The highest BCUT2D eigenvalue weighted by Crippen LogP contribution is 2.22. The maximum absolute atomic E-state index is 11.4. The van der Waals surface area contributed by atoms with Crippen molar-refractivity contribution >= 4 is 27.0 Å². The molecule has 0 unspecified atom stereocenters. The van der Waals surface area contributed by atoms with Gasteiger partial charge in [0.05, 0.1) is 11.0 Å². The number of halogens is 1. The van der Waals surface area contributed by atoms with Crippen LogP contribution >= 0.6 is 15.9 Å². The summed E-state index contributed by atoms with van der Waals surface area (Å²) in [5.41, 5.74) is 2.83. The summed E-state index contributed by atoms with van der Waals surface area (Å²) in [6.07, 6.45) is 0. The first kappa shape index (κ1) is 10.4. The third kappa shape index (κ3) is 1.72. The summed E-state index contributed by atoms with van der Waals surface area (Å²) in [4.78, 5) is 14.2. The van der Waals surface area contributed by atoms with Crippen molar-refractivity contribution in [3.8, 4) is 0 Å². The molecule has 0 aliphatic heterocycles. The highest BCUT2D eigenvalue weighted by Gasteiger charge is 2.07. The second-order valence-corrected chi connectivity index (χ2v) is 4.33. The second-order valence-electron chi connectivity index (χ2n) is 3.48. The number of aryl methyl sites for hydroxylation is 1. The Labute approximate surface area is 95.4 Å². The van der Waals surface area contributed by atoms with Crippen LogP contribution in [0.4, 0.5) is 0 Å². The van der Waals surface area contributed by atoms with E-state index >= 15 is 0 Å². The molecule has 0 aliphatic carbocycles. The van der Waals surface area contributed by atoms with E-state index in [0.717, 1.165) is 27.6 Å². The van der Waals surface area contributed by atoms with E-state index in [1.807, 2.05) is 19.2 Å². The highest BCUT2D eigenvalue weighted by molar-refractivity contribution is 9.10. The van der Waals surface area contributed by atoms with Gasteiger partial charge in [0.1, 0.15) is 0 Å². The zero-order valence-electron chi connectivity index (χ0n) is 8.60. The molecular formula is C10H12BrN3O. The van der Waals surface area contributed by atoms with E-state index in [0.29, 0.717) is 0 Å². The number of imidazole rings is 1. The average molecular weight is 270 g/mol. The summed E-state index contributed by atoms with van der Waals surface area (Å²) in [6, 6.07) is 3.94. The quantitative estimate of drug-likeness (QED) is 0.865. The van der Waals surface area contributed by atoms with Crippen LogP contribution in [0.15, 0.2) is 21.4 Å². The van der Waals surface area contributed by atoms with Gasteiger partial charge < -0.3 is 10.3 Å². The monoisotopic (exact) mass is 269 g/mol. The first-order chi connectivity index (χ1) is 7.13. The third-order valence-corrected chi connectivity index (χ3v) is 3.18. The Hall–Kier alpha value is -1.07. The van der Waals surface area contributed by atoms with Gasteiger partial charge >= 0.3 is 5.69 Å². The zero-order valence-corrected chi connectivity index (χ0v) is 10.2.